The average Bonchev–Trinajstić information content (AvgIpc) is 2.50. The Morgan fingerprint density at radius 2 is 2.00 bits per heavy atom. The maximum Gasteiger partial charge on any atom is 0.442 e. The van der Waals surface area contributed by atoms with Gasteiger partial charge in [0.05, 0.1) is 6.54 Å². The first kappa shape index (κ1) is 10.8. The number of halogens is 1. The van der Waals surface area contributed by atoms with Gasteiger partial charge in [0, 0.05) is 12.1 Å². The smallest absolute Gasteiger partial charge is 0.316 e. The van der Waals surface area contributed by atoms with E-state index in [0.717, 1.165) is 14.9 Å². The van der Waals surface area contributed by atoms with Gasteiger partial charge in [-0.3, -0.25) is 0 Å². The highest BCUT2D eigenvalue weighted by Crippen LogP contribution is 2.15. The summed E-state index contributed by atoms with van der Waals surface area (Å²) >= 11 is 5.93. The lowest BCUT2D eigenvalue weighted by molar-refractivity contribution is 0.257. The van der Waals surface area contributed by atoms with E-state index in [0.29, 0.717) is 5.02 Å². The van der Waals surface area contributed by atoms with Crippen molar-refractivity contribution in [2.75, 3.05) is 0 Å². The summed E-state index contributed by atoms with van der Waals surface area (Å²) in [5, 5.41) is 0.529. The predicted octanol–water partition coefficient (Wildman–Crippen LogP) is 0.842. The zero-order chi connectivity index (χ0) is 11.7. The standard InChI is InChI=1S/C10H9ClN2O3/c1-12-9(14)13(16-10(12)15)6-7-4-2-3-5-8(7)11/h2-5H,6H2,1H3. The van der Waals surface area contributed by atoms with Crippen molar-refractivity contribution < 1.29 is 4.52 Å². The fourth-order valence-electron chi connectivity index (χ4n) is 1.32. The first-order valence-electron chi connectivity index (χ1n) is 4.60. The summed E-state index contributed by atoms with van der Waals surface area (Å²) in [5.41, 5.74) is 0.227. The van der Waals surface area contributed by atoms with Crippen LogP contribution in [-0.2, 0) is 13.6 Å². The van der Waals surface area contributed by atoms with E-state index in [1.54, 1.807) is 24.3 Å². The third kappa shape index (κ3) is 1.81. The Morgan fingerprint density at radius 3 is 2.56 bits per heavy atom. The summed E-state index contributed by atoms with van der Waals surface area (Å²) < 4.78 is 6.63. The van der Waals surface area contributed by atoms with E-state index in [2.05, 4.69) is 0 Å². The first-order valence-corrected chi connectivity index (χ1v) is 4.98. The van der Waals surface area contributed by atoms with Gasteiger partial charge in [-0.1, -0.05) is 29.8 Å². The highest BCUT2D eigenvalue weighted by atomic mass is 35.5. The number of benzene rings is 1. The molecule has 1 aromatic carbocycles. The summed E-state index contributed by atoms with van der Waals surface area (Å²) in [5.74, 6) is -0.683. The van der Waals surface area contributed by atoms with Gasteiger partial charge in [0.25, 0.3) is 0 Å². The quantitative estimate of drug-likeness (QED) is 0.782. The van der Waals surface area contributed by atoms with Gasteiger partial charge >= 0.3 is 11.4 Å². The van der Waals surface area contributed by atoms with Crippen molar-refractivity contribution in [1.29, 1.82) is 0 Å². The molecule has 16 heavy (non-hydrogen) atoms. The van der Waals surface area contributed by atoms with Crippen LogP contribution in [0.2, 0.25) is 5.02 Å². The summed E-state index contributed by atoms with van der Waals surface area (Å²) in [6.07, 6.45) is 0. The molecular weight excluding hydrogens is 232 g/mol. The fraction of sp³-hybridized carbons (Fsp3) is 0.200. The van der Waals surface area contributed by atoms with Crippen LogP contribution in [0.15, 0.2) is 38.4 Å². The van der Waals surface area contributed by atoms with Gasteiger partial charge in [-0.25, -0.2) is 14.2 Å². The Bertz CT molecular complexity index is 623. The molecule has 6 heteroatoms. The van der Waals surface area contributed by atoms with Gasteiger partial charge in [-0.05, 0) is 11.6 Å². The maximum atomic E-state index is 11.5. The lowest BCUT2D eigenvalue weighted by Crippen LogP contribution is -2.26. The van der Waals surface area contributed by atoms with Crippen LogP contribution in [0.4, 0.5) is 0 Å². The number of hydrogen-bond donors (Lipinski definition) is 0. The molecule has 0 bridgehead atoms. The van der Waals surface area contributed by atoms with Crippen LogP contribution in [0.25, 0.3) is 0 Å². The Hall–Kier alpha value is -1.75. The lowest BCUT2D eigenvalue weighted by atomic mass is 10.2. The number of aromatic nitrogens is 2. The molecule has 0 N–H and O–H groups in total. The van der Waals surface area contributed by atoms with E-state index >= 15 is 0 Å². The van der Waals surface area contributed by atoms with Gasteiger partial charge in [-0.2, -0.15) is 0 Å². The maximum absolute atomic E-state index is 11.5. The van der Waals surface area contributed by atoms with Gasteiger partial charge < -0.3 is 4.52 Å². The normalized spacial score (nSPS) is 10.6. The van der Waals surface area contributed by atoms with E-state index in [4.69, 9.17) is 16.1 Å². The van der Waals surface area contributed by atoms with Crippen molar-refractivity contribution in [2.45, 2.75) is 6.54 Å². The van der Waals surface area contributed by atoms with Crippen molar-refractivity contribution >= 4 is 11.6 Å². The molecular formula is C10H9ClN2O3. The molecule has 0 radical (unpaired) electrons. The van der Waals surface area contributed by atoms with Crippen molar-refractivity contribution in [1.82, 2.24) is 9.31 Å². The molecule has 1 heterocycles. The minimum Gasteiger partial charge on any atom is -0.316 e. The highest BCUT2D eigenvalue weighted by Gasteiger charge is 2.09. The average molecular weight is 241 g/mol. The number of rotatable bonds is 2. The van der Waals surface area contributed by atoms with E-state index in [1.165, 1.54) is 7.05 Å². The van der Waals surface area contributed by atoms with Crippen LogP contribution in [0, 0.1) is 0 Å². The molecule has 0 amide bonds. The summed E-state index contributed by atoms with van der Waals surface area (Å²) in [7, 11) is 1.36. The lowest BCUT2D eigenvalue weighted by Gasteiger charge is -2.01. The third-order valence-electron chi connectivity index (χ3n) is 2.23. The summed E-state index contributed by atoms with van der Waals surface area (Å²) in [6.45, 7) is 0.147. The van der Waals surface area contributed by atoms with E-state index in [9.17, 15) is 9.59 Å². The van der Waals surface area contributed by atoms with Crippen LogP contribution in [0.3, 0.4) is 0 Å². The topological polar surface area (TPSA) is 57.1 Å². The zero-order valence-corrected chi connectivity index (χ0v) is 9.27. The second kappa shape index (κ2) is 4.02. The van der Waals surface area contributed by atoms with Crippen molar-refractivity contribution in [2.24, 2.45) is 7.05 Å². The molecule has 0 fully saturated rings. The Kier molecular flexibility index (Phi) is 2.70. The van der Waals surface area contributed by atoms with Gasteiger partial charge in [0.1, 0.15) is 0 Å². The summed E-state index contributed by atoms with van der Waals surface area (Å²) in [6, 6.07) is 7.06. The monoisotopic (exact) mass is 240 g/mol. The fourth-order valence-corrected chi connectivity index (χ4v) is 1.52. The molecule has 2 rings (SSSR count). The Labute approximate surface area is 95.4 Å². The van der Waals surface area contributed by atoms with E-state index < -0.39 is 11.4 Å². The molecule has 1 aromatic heterocycles. The minimum absolute atomic E-state index is 0.147. The van der Waals surface area contributed by atoms with E-state index in [1.807, 2.05) is 0 Å². The molecule has 0 saturated carbocycles. The molecule has 0 saturated heterocycles. The number of nitrogens with zero attached hydrogens (tertiary/aromatic N) is 2. The molecule has 2 aromatic rings. The molecule has 0 unspecified atom stereocenters. The predicted molar refractivity (Wildman–Crippen MR) is 58.8 cm³/mol. The van der Waals surface area contributed by atoms with Gasteiger partial charge in [0.15, 0.2) is 0 Å². The van der Waals surface area contributed by atoms with Crippen LogP contribution in [0.5, 0.6) is 0 Å². The SMILES string of the molecule is Cn1c(=O)on(Cc2ccccc2Cl)c1=O. The van der Waals surface area contributed by atoms with Crippen molar-refractivity contribution in [3.8, 4) is 0 Å². The highest BCUT2D eigenvalue weighted by molar-refractivity contribution is 6.31. The molecule has 0 aliphatic heterocycles. The minimum atomic E-state index is -0.683. The van der Waals surface area contributed by atoms with Crippen molar-refractivity contribution in [3.05, 3.63) is 55.9 Å². The first-order chi connectivity index (χ1) is 7.59. The zero-order valence-electron chi connectivity index (χ0n) is 8.51. The van der Waals surface area contributed by atoms with Gasteiger partial charge in [0.2, 0.25) is 0 Å². The van der Waals surface area contributed by atoms with Gasteiger partial charge in [-0.15, -0.1) is 4.74 Å². The molecule has 0 aliphatic rings. The van der Waals surface area contributed by atoms with E-state index in [-0.39, 0.29) is 6.54 Å². The Balaban J connectivity index is 2.42. The molecule has 0 atom stereocenters. The molecule has 0 spiro atoms. The second-order valence-electron chi connectivity index (χ2n) is 3.33. The van der Waals surface area contributed by atoms with Crippen LogP contribution < -0.4 is 11.4 Å². The second-order valence-corrected chi connectivity index (χ2v) is 3.73. The van der Waals surface area contributed by atoms with Crippen LogP contribution in [0.1, 0.15) is 5.56 Å². The Morgan fingerprint density at radius 1 is 1.31 bits per heavy atom. The van der Waals surface area contributed by atoms with Crippen LogP contribution in [-0.4, -0.2) is 9.31 Å². The molecule has 84 valence electrons. The summed E-state index contributed by atoms with van der Waals surface area (Å²) in [4.78, 5) is 22.6. The molecule has 5 nitrogen and oxygen atoms in total. The third-order valence-corrected chi connectivity index (χ3v) is 2.60. The van der Waals surface area contributed by atoms with Crippen LogP contribution >= 0.6 is 11.6 Å². The largest absolute Gasteiger partial charge is 0.442 e. The van der Waals surface area contributed by atoms with Crippen molar-refractivity contribution in [3.63, 3.8) is 0 Å². The number of hydrogen-bond acceptors (Lipinski definition) is 3. The molecule has 0 aliphatic carbocycles.